The fraction of sp³-hybridized carbons (Fsp3) is 0.407. The Morgan fingerprint density at radius 1 is 1.15 bits per heavy atom. The number of hydrogen-bond donors (Lipinski definition) is 1. The number of halogens is 1. The molecule has 6 nitrogen and oxygen atoms in total. The lowest BCUT2D eigenvalue weighted by atomic mass is 9.70. The van der Waals surface area contributed by atoms with E-state index in [1.54, 1.807) is 17.0 Å². The van der Waals surface area contributed by atoms with Crippen LogP contribution in [0.25, 0.3) is 0 Å². The Hall–Kier alpha value is -2.80. The van der Waals surface area contributed by atoms with E-state index < -0.39 is 6.04 Å². The van der Waals surface area contributed by atoms with Gasteiger partial charge >= 0.3 is 0 Å². The molecule has 34 heavy (non-hydrogen) atoms. The lowest BCUT2D eigenvalue weighted by Crippen LogP contribution is -2.45. The number of ether oxygens (including phenoxy) is 2. The number of carbonyl (C=O) groups excluding carboxylic acids is 2. The lowest BCUT2D eigenvalue weighted by Gasteiger charge is -2.41. The Bertz CT molecular complexity index is 1180. The van der Waals surface area contributed by atoms with Gasteiger partial charge in [0, 0.05) is 6.54 Å². The van der Waals surface area contributed by atoms with Crippen LogP contribution < -0.4 is 4.74 Å². The monoisotopic (exact) mass is 525 g/mol. The highest BCUT2D eigenvalue weighted by Crippen LogP contribution is 2.50. The van der Waals surface area contributed by atoms with Crippen LogP contribution in [-0.2, 0) is 20.9 Å². The van der Waals surface area contributed by atoms with Crippen LogP contribution in [0.4, 0.5) is 0 Å². The Labute approximate surface area is 207 Å². The van der Waals surface area contributed by atoms with E-state index in [0.717, 1.165) is 18.4 Å². The molecule has 0 radical (unpaired) electrons. The Morgan fingerprint density at radius 3 is 2.59 bits per heavy atom. The van der Waals surface area contributed by atoms with Crippen LogP contribution in [0.15, 0.2) is 58.3 Å². The zero-order valence-corrected chi connectivity index (χ0v) is 21.0. The molecule has 0 aromatic heterocycles. The van der Waals surface area contributed by atoms with Gasteiger partial charge in [-0.2, -0.15) is 0 Å². The van der Waals surface area contributed by atoms with E-state index >= 15 is 0 Å². The molecule has 178 valence electrons. The Balaban J connectivity index is 1.64. The highest BCUT2D eigenvalue weighted by molar-refractivity contribution is 9.10. The largest absolute Gasteiger partial charge is 0.503 e. The van der Waals surface area contributed by atoms with Gasteiger partial charge in [-0.3, -0.25) is 9.59 Å². The number of phenolic OH excluding ortho intramolecular Hbond substituents is 1. The molecule has 1 amide bonds. The van der Waals surface area contributed by atoms with Gasteiger partial charge < -0.3 is 19.5 Å². The highest BCUT2D eigenvalue weighted by atomic mass is 79.9. The number of benzene rings is 2. The number of nitrogens with zero attached hydrogens (tertiary/aromatic N) is 1. The first-order valence-corrected chi connectivity index (χ1v) is 12.5. The summed E-state index contributed by atoms with van der Waals surface area (Å²) >= 11 is 3.40. The molecule has 1 saturated carbocycles. The van der Waals surface area contributed by atoms with Gasteiger partial charge in [0.1, 0.15) is 6.10 Å². The fourth-order valence-corrected chi connectivity index (χ4v) is 6.28. The number of fused-ring (bicyclic) bond motifs is 1. The van der Waals surface area contributed by atoms with Crippen LogP contribution in [0, 0.1) is 17.8 Å². The third kappa shape index (κ3) is 3.70. The molecular formula is C27H28BrNO5. The van der Waals surface area contributed by atoms with Crippen molar-refractivity contribution >= 4 is 27.6 Å². The third-order valence-electron chi connectivity index (χ3n) is 7.31. The highest BCUT2D eigenvalue weighted by Gasteiger charge is 2.54. The maximum atomic E-state index is 14.0. The summed E-state index contributed by atoms with van der Waals surface area (Å²) in [6, 6.07) is 12.5. The SMILES string of the molecule is COc1cc(C2C3=C(OC4C(C)CC(C)CC4C3=O)C(=O)N2Cc2ccccc2)cc(Br)c1O. The van der Waals surface area contributed by atoms with Crippen molar-refractivity contribution in [3.63, 3.8) is 0 Å². The third-order valence-corrected chi connectivity index (χ3v) is 7.92. The van der Waals surface area contributed by atoms with Gasteiger partial charge in [-0.05, 0) is 63.9 Å². The van der Waals surface area contributed by atoms with Gasteiger partial charge in [0.15, 0.2) is 23.0 Å². The molecule has 2 aliphatic heterocycles. The minimum absolute atomic E-state index is 0.00160. The summed E-state index contributed by atoms with van der Waals surface area (Å²) in [5.74, 6) is 0.511. The van der Waals surface area contributed by atoms with Gasteiger partial charge in [-0.25, -0.2) is 0 Å². The molecule has 2 aromatic rings. The van der Waals surface area contributed by atoms with E-state index in [1.165, 1.54) is 7.11 Å². The quantitative estimate of drug-likeness (QED) is 0.597. The predicted molar refractivity (Wildman–Crippen MR) is 130 cm³/mol. The summed E-state index contributed by atoms with van der Waals surface area (Å²) in [7, 11) is 1.47. The molecule has 2 heterocycles. The first-order valence-electron chi connectivity index (χ1n) is 11.7. The summed E-state index contributed by atoms with van der Waals surface area (Å²) in [4.78, 5) is 29.4. The van der Waals surface area contributed by atoms with Crippen molar-refractivity contribution in [2.45, 2.75) is 45.4 Å². The van der Waals surface area contributed by atoms with Crippen molar-refractivity contribution in [1.82, 2.24) is 4.90 Å². The van der Waals surface area contributed by atoms with E-state index in [2.05, 4.69) is 29.8 Å². The number of hydrogen-bond acceptors (Lipinski definition) is 5. The van der Waals surface area contributed by atoms with Crippen molar-refractivity contribution in [1.29, 1.82) is 0 Å². The molecule has 5 rings (SSSR count). The summed E-state index contributed by atoms with van der Waals surface area (Å²) < 4.78 is 12.2. The number of carbonyl (C=O) groups is 2. The first-order chi connectivity index (χ1) is 16.3. The zero-order chi connectivity index (χ0) is 24.1. The standard InChI is InChI=1S/C27H28BrNO5/c1-14-9-15(2)25-18(10-14)23(30)21-22(17-11-19(28)24(31)20(12-17)33-3)29(27(32)26(21)34-25)13-16-7-5-4-6-8-16/h4-8,11-12,14-15,18,22,25,31H,9-10,13H2,1-3H3. The minimum Gasteiger partial charge on any atom is -0.503 e. The molecule has 2 aromatic carbocycles. The van der Waals surface area contributed by atoms with Crippen LogP contribution in [0.1, 0.15) is 43.9 Å². The average molecular weight is 526 g/mol. The van der Waals surface area contributed by atoms with Gasteiger partial charge in [0.2, 0.25) is 0 Å². The number of amides is 1. The Kier molecular flexibility index (Phi) is 5.92. The van der Waals surface area contributed by atoms with E-state index in [9.17, 15) is 14.7 Å². The number of methoxy groups -OCH3 is 1. The lowest BCUT2D eigenvalue weighted by molar-refractivity contribution is -0.139. The molecule has 0 spiro atoms. The second kappa shape index (κ2) is 8.77. The smallest absolute Gasteiger partial charge is 0.290 e. The first kappa shape index (κ1) is 23.0. The topological polar surface area (TPSA) is 76.1 Å². The Morgan fingerprint density at radius 2 is 1.88 bits per heavy atom. The van der Waals surface area contributed by atoms with E-state index in [4.69, 9.17) is 9.47 Å². The van der Waals surface area contributed by atoms with Crippen LogP contribution in [-0.4, -0.2) is 34.9 Å². The van der Waals surface area contributed by atoms with Gasteiger partial charge in [-0.15, -0.1) is 0 Å². The predicted octanol–water partition coefficient (Wildman–Crippen LogP) is 5.15. The van der Waals surface area contributed by atoms with Crippen LogP contribution in [0.5, 0.6) is 11.5 Å². The number of aromatic hydroxyl groups is 1. The van der Waals surface area contributed by atoms with Crippen molar-refractivity contribution in [3.8, 4) is 11.5 Å². The van der Waals surface area contributed by atoms with E-state index in [0.29, 0.717) is 28.1 Å². The summed E-state index contributed by atoms with van der Waals surface area (Å²) in [5.41, 5.74) is 2.06. The van der Waals surface area contributed by atoms with Crippen LogP contribution in [0.2, 0.25) is 0 Å². The normalized spacial score (nSPS) is 28.5. The summed E-state index contributed by atoms with van der Waals surface area (Å²) in [5, 5.41) is 10.4. The number of ketones is 1. The van der Waals surface area contributed by atoms with Crippen LogP contribution in [0.3, 0.4) is 0 Å². The second-order valence-electron chi connectivity index (χ2n) is 9.72. The minimum atomic E-state index is -0.630. The molecule has 5 atom stereocenters. The molecule has 1 fully saturated rings. The molecule has 0 saturated heterocycles. The average Bonchev–Trinajstić information content (AvgIpc) is 3.09. The summed E-state index contributed by atoms with van der Waals surface area (Å²) in [6.07, 6.45) is 1.46. The molecule has 3 aliphatic rings. The number of phenols is 1. The van der Waals surface area contributed by atoms with Crippen molar-refractivity contribution in [3.05, 3.63) is 69.4 Å². The second-order valence-corrected chi connectivity index (χ2v) is 10.6. The van der Waals surface area contributed by atoms with Gasteiger partial charge in [0.25, 0.3) is 5.91 Å². The van der Waals surface area contributed by atoms with Gasteiger partial charge in [-0.1, -0.05) is 44.2 Å². The molecule has 1 N–H and O–H groups in total. The molecule has 0 bridgehead atoms. The number of Topliss-reactive ketones (excluding diaryl/α,β-unsaturated/α-hetero) is 1. The number of rotatable bonds is 4. The van der Waals surface area contributed by atoms with Crippen LogP contribution >= 0.6 is 15.9 Å². The zero-order valence-electron chi connectivity index (χ0n) is 19.5. The molecular weight excluding hydrogens is 498 g/mol. The van der Waals surface area contributed by atoms with Crippen molar-refractivity contribution < 1.29 is 24.2 Å². The van der Waals surface area contributed by atoms with Crippen molar-refractivity contribution in [2.75, 3.05) is 7.11 Å². The fourth-order valence-electron chi connectivity index (χ4n) is 5.82. The van der Waals surface area contributed by atoms with E-state index in [-0.39, 0.29) is 46.9 Å². The summed E-state index contributed by atoms with van der Waals surface area (Å²) in [6.45, 7) is 4.60. The maximum Gasteiger partial charge on any atom is 0.290 e. The van der Waals surface area contributed by atoms with Gasteiger partial charge in [0.05, 0.1) is 29.1 Å². The molecule has 1 aliphatic carbocycles. The van der Waals surface area contributed by atoms with Crippen molar-refractivity contribution in [2.24, 2.45) is 17.8 Å². The molecule has 7 heteroatoms. The molecule has 5 unspecified atom stereocenters. The maximum absolute atomic E-state index is 14.0. The van der Waals surface area contributed by atoms with E-state index in [1.807, 2.05) is 30.3 Å².